The molecule has 168 valence electrons. The van der Waals surface area contributed by atoms with Crippen molar-refractivity contribution in [1.82, 2.24) is 15.3 Å². The van der Waals surface area contributed by atoms with Crippen LogP contribution in [-0.2, 0) is 6.42 Å². The number of aliphatic imine (C=N–C) groups is 1. The van der Waals surface area contributed by atoms with Crippen LogP contribution in [0.25, 0.3) is 11.1 Å². The number of rotatable bonds is 5. The standard InChI is InChI=1S/C25H18ClN5O3/c1-27-24(32)20-7-4-14(12-28-20)16-9-15-10-21(31-23(15)29-13-16)18-11-17(5-6-19(18)26)30-25(33)22-3-2-8-34-22/h2-9,11-13H,10H2,1H3,(H,27,32)(H,30,33). The Bertz CT molecular complexity index is 1430. The van der Waals surface area contributed by atoms with E-state index in [0.29, 0.717) is 28.6 Å². The predicted octanol–water partition coefficient (Wildman–Crippen LogP) is 4.68. The second-order valence-corrected chi connectivity index (χ2v) is 7.99. The van der Waals surface area contributed by atoms with Crippen molar-refractivity contribution in [3.63, 3.8) is 0 Å². The summed E-state index contributed by atoms with van der Waals surface area (Å²) in [5.41, 5.74) is 5.06. The van der Waals surface area contributed by atoms with Gasteiger partial charge in [-0.15, -0.1) is 0 Å². The zero-order valence-corrected chi connectivity index (χ0v) is 18.8. The first-order valence-electron chi connectivity index (χ1n) is 10.4. The summed E-state index contributed by atoms with van der Waals surface area (Å²) >= 11 is 6.46. The minimum Gasteiger partial charge on any atom is -0.459 e. The lowest BCUT2D eigenvalue weighted by Crippen LogP contribution is -2.18. The van der Waals surface area contributed by atoms with Gasteiger partial charge in [0.2, 0.25) is 0 Å². The van der Waals surface area contributed by atoms with Crippen LogP contribution >= 0.6 is 11.6 Å². The molecule has 0 unspecified atom stereocenters. The van der Waals surface area contributed by atoms with Gasteiger partial charge in [0.1, 0.15) is 5.69 Å². The Balaban J connectivity index is 1.37. The molecule has 1 aliphatic rings. The van der Waals surface area contributed by atoms with Gasteiger partial charge in [-0.1, -0.05) is 17.7 Å². The fourth-order valence-electron chi connectivity index (χ4n) is 3.65. The van der Waals surface area contributed by atoms with Crippen LogP contribution in [0.4, 0.5) is 11.5 Å². The smallest absolute Gasteiger partial charge is 0.291 e. The second kappa shape index (κ2) is 8.92. The number of pyridine rings is 2. The number of hydrogen-bond donors (Lipinski definition) is 2. The summed E-state index contributed by atoms with van der Waals surface area (Å²) in [7, 11) is 1.56. The maximum Gasteiger partial charge on any atom is 0.291 e. The number of carbonyl (C=O) groups excluding carboxylic acids is 2. The number of aromatic nitrogens is 2. The summed E-state index contributed by atoms with van der Waals surface area (Å²) in [5, 5.41) is 5.88. The first-order valence-corrected chi connectivity index (χ1v) is 10.8. The van der Waals surface area contributed by atoms with Crippen molar-refractivity contribution < 1.29 is 14.0 Å². The topological polar surface area (TPSA) is 109 Å². The molecule has 0 fully saturated rings. The van der Waals surface area contributed by atoms with Crippen LogP contribution in [-0.4, -0.2) is 34.5 Å². The van der Waals surface area contributed by atoms with Gasteiger partial charge in [0.05, 0.1) is 12.0 Å². The lowest BCUT2D eigenvalue weighted by atomic mass is 10.0. The van der Waals surface area contributed by atoms with E-state index in [-0.39, 0.29) is 17.6 Å². The molecular formula is C25H18ClN5O3. The molecule has 3 aromatic heterocycles. The molecule has 4 heterocycles. The normalized spacial score (nSPS) is 12.1. The number of halogens is 1. The van der Waals surface area contributed by atoms with Crippen molar-refractivity contribution in [3.05, 3.63) is 94.8 Å². The van der Waals surface area contributed by atoms with Crippen molar-refractivity contribution in [2.24, 2.45) is 4.99 Å². The molecular weight excluding hydrogens is 454 g/mol. The Labute approximate surface area is 199 Å². The molecule has 2 N–H and O–H groups in total. The van der Waals surface area contributed by atoms with Crippen LogP contribution in [0.15, 0.2) is 76.6 Å². The van der Waals surface area contributed by atoms with Crippen LogP contribution in [0.1, 0.15) is 32.2 Å². The van der Waals surface area contributed by atoms with Gasteiger partial charge in [-0.2, -0.15) is 0 Å². The van der Waals surface area contributed by atoms with E-state index in [1.54, 1.807) is 55.8 Å². The lowest BCUT2D eigenvalue weighted by molar-refractivity contribution is 0.0956. The number of fused-ring (bicyclic) bond motifs is 1. The van der Waals surface area contributed by atoms with Gasteiger partial charge < -0.3 is 15.1 Å². The highest BCUT2D eigenvalue weighted by Gasteiger charge is 2.21. The van der Waals surface area contributed by atoms with Gasteiger partial charge in [-0.25, -0.2) is 9.98 Å². The summed E-state index contributed by atoms with van der Waals surface area (Å²) in [6, 6.07) is 14.0. The average Bonchev–Trinajstić information content (AvgIpc) is 3.54. The minimum absolute atomic E-state index is 0.219. The number of furan rings is 1. The first-order chi connectivity index (χ1) is 16.5. The first kappa shape index (κ1) is 21.5. The molecule has 2 amide bonds. The van der Waals surface area contributed by atoms with Crippen molar-refractivity contribution in [3.8, 4) is 11.1 Å². The summed E-state index contributed by atoms with van der Waals surface area (Å²) in [6.07, 6.45) is 5.35. The van der Waals surface area contributed by atoms with E-state index in [1.165, 1.54) is 6.26 Å². The highest BCUT2D eigenvalue weighted by Crippen LogP contribution is 2.33. The Hall–Kier alpha value is -4.30. The number of amides is 2. The van der Waals surface area contributed by atoms with Gasteiger partial charge in [0.15, 0.2) is 11.6 Å². The van der Waals surface area contributed by atoms with E-state index in [1.807, 2.05) is 12.1 Å². The molecule has 8 nitrogen and oxygen atoms in total. The second-order valence-electron chi connectivity index (χ2n) is 7.58. The summed E-state index contributed by atoms with van der Waals surface area (Å²) < 4.78 is 5.14. The molecule has 4 aromatic rings. The predicted molar refractivity (Wildman–Crippen MR) is 129 cm³/mol. The molecule has 0 saturated carbocycles. The molecule has 34 heavy (non-hydrogen) atoms. The van der Waals surface area contributed by atoms with Crippen LogP contribution in [0.3, 0.4) is 0 Å². The number of benzene rings is 1. The zero-order chi connectivity index (χ0) is 23.7. The number of anilines is 1. The van der Waals surface area contributed by atoms with Crippen molar-refractivity contribution in [1.29, 1.82) is 0 Å². The molecule has 9 heteroatoms. The highest BCUT2D eigenvalue weighted by atomic mass is 35.5. The number of carbonyl (C=O) groups is 2. The summed E-state index contributed by atoms with van der Waals surface area (Å²) in [6.45, 7) is 0. The minimum atomic E-state index is -0.350. The summed E-state index contributed by atoms with van der Waals surface area (Å²) in [4.78, 5) is 37.4. The molecule has 1 aliphatic heterocycles. The van der Waals surface area contributed by atoms with E-state index in [0.717, 1.165) is 28.0 Å². The van der Waals surface area contributed by atoms with Crippen molar-refractivity contribution in [2.45, 2.75) is 6.42 Å². The third kappa shape index (κ3) is 4.18. The van der Waals surface area contributed by atoms with Crippen LogP contribution in [0.5, 0.6) is 0 Å². The van der Waals surface area contributed by atoms with Crippen LogP contribution in [0.2, 0.25) is 5.02 Å². The molecule has 0 radical (unpaired) electrons. The van der Waals surface area contributed by atoms with Gasteiger partial charge in [0, 0.05) is 58.8 Å². The molecule has 0 aliphatic carbocycles. The van der Waals surface area contributed by atoms with Gasteiger partial charge in [-0.05, 0) is 42.5 Å². The molecule has 0 bridgehead atoms. The fourth-order valence-corrected chi connectivity index (χ4v) is 3.87. The summed E-state index contributed by atoms with van der Waals surface area (Å²) in [5.74, 6) is 0.250. The Kier molecular flexibility index (Phi) is 5.65. The van der Waals surface area contributed by atoms with E-state index >= 15 is 0 Å². The SMILES string of the molecule is CNC(=O)c1ccc(-c2cnc3c(c2)CC(c2cc(NC(=O)c4ccco4)ccc2Cl)=N3)cn1. The van der Waals surface area contributed by atoms with Crippen LogP contribution < -0.4 is 10.6 Å². The quantitative estimate of drug-likeness (QED) is 0.439. The Morgan fingerprint density at radius 3 is 2.59 bits per heavy atom. The largest absolute Gasteiger partial charge is 0.459 e. The lowest BCUT2D eigenvalue weighted by Gasteiger charge is -2.08. The molecule has 0 saturated heterocycles. The highest BCUT2D eigenvalue weighted by molar-refractivity contribution is 6.34. The third-order valence-corrected chi connectivity index (χ3v) is 5.71. The third-order valence-electron chi connectivity index (χ3n) is 5.38. The maximum absolute atomic E-state index is 12.3. The maximum atomic E-state index is 12.3. The van der Waals surface area contributed by atoms with Crippen molar-refractivity contribution in [2.75, 3.05) is 12.4 Å². The van der Waals surface area contributed by atoms with E-state index in [2.05, 4.69) is 25.6 Å². The number of nitrogens with zero attached hydrogens (tertiary/aromatic N) is 3. The molecule has 5 rings (SSSR count). The fraction of sp³-hybridized carbons (Fsp3) is 0.0800. The molecule has 1 aromatic carbocycles. The van der Waals surface area contributed by atoms with E-state index in [9.17, 15) is 9.59 Å². The van der Waals surface area contributed by atoms with E-state index in [4.69, 9.17) is 16.0 Å². The monoisotopic (exact) mass is 471 g/mol. The molecule has 0 spiro atoms. The van der Waals surface area contributed by atoms with E-state index < -0.39 is 0 Å². The Morgan fingerprint density at radius 2 is 1.85 bits per heavy atom. The van der Waals surface area contributed by atoms with Gasteiger partial charge in [-0.3, -0.25) is 14.6 Å². The van der Waals surface area contributed by atoms with Gasteiger partial charge >= 0.3 is 0 Å². The number of nitrogens with one attached hydrogen (secondary N) is 2. The Morgan fingerprint density at radius 1 is 1.00 bits per heavy atom. The van der Waals surface area contributed by atoms with Crippen LogP contribution in [0, 0.1) is 0 Å². The average molecular weight is 472 g/mol. The van der Waals surface area contributed by atoms with Crippen molar-refractivity contribution >= 4 is 40.6 Å². The number of hydrogen-bond acceptors (Lipinski definition) is 6. The zero-order valence-electron chi connectivity index (χ0n) is 18.0. The molecule has 0 atom stereocenters. The van der Waals surface area contributed by atoms with Gasteiger partial charge in [0.25, 0.3) is 11.8 Å².